The number of anilines is 1. The first-order valence-corrected chi connectivity index (χ1v) is 8.39. The van der Waals surface area contributed by atoms with E-state index in [1.165, 1.54) is 0 Å². The van der Waals surface area contributed by atoms with Crippen molar-refractivity contribution in [2.75, 3.05) is 32.1 Å². The molecule has 2 N–H and O–H groups in total. The zero-order valence-corrected chi connectivity index (χ0v) is 15.0. The van der Waals surface area contributed by atoms with Gasteiger partial charge >= 0.3 is 0 Å². The van der Waals surface area contributed by atoms with E-state index in [1.807, 2.05) is 62.5 Å². The average molecular weight is 378 g/mol. The lowest BCUT2D eigenvalue weighted by Crippen LogP contribution is -3.10. The van der Waals surface area contributed by atoms with Gasteiger partial charge in [0.05, 0.1) is 7.05 Å². The molecule has 4 nitrogen and oxygen atoms in total. The maximum Gasteiger partial charge on any atom is 0.279 e. The Morgan fingerprint density at radius 3 is 2.65 bits per heavy atom. The highest BCUT2D eigenvalue weighted by Crippen LogP contribution is 2.20. The Hall–Kier alpha value is -1.85. The van der Waals surface area contributed by atoms with Gasteiger partial charge in [-0.05, 0) is 36.8 Å². The molecule has 0 saturated carbocycles. The summed E-state index contributed by atoms with van der Waals surface area (Å²) in [5.74, 6) is 0.854. The van der Waals surface area contributed by atoms with Crippen LogP contribution in [-0.2, 0) is 4.79 Å². The second-order valence-electron chi connectivity index (χ2n) is 5.56. The van der Waals surface area contributed by atoms with Crippen molar-refractivity contribution in [2.45, 2.75) is 6.92 Å². The second-order valence-corrected chi connectivity index (χ2v) is 6.41. The average Bonchev–Trinajstić information content (AvgIpc) is 2.52. The lowest BCUT2D eigenvalue weighted by atomic mass is 10.2. The van der Waals surface area contributed by atoms with Crippen LogP contribution in [0, 0.1) is 6.92 Å². The lowest BCUT2D eigenvalue weighted by Gasteiger charge is -2.14. The monoisotopic (exact) mass is 377 g/mol. The van der Waals surface area contributed by atoms with Crippen molar-refractivity contribution in [1.82, 2.24) is 0 Å². The van der Waals surface area contributed by atoms with Crippen LogP contribution < -0.4 is 15.0 Å². The Bertz CT molecular complexity index is 647. The number of amides is 1. The van der Waals surface area contributed by atoms with Crippen LogP contribution in [0.25, 0.3) is 0 Å². The normalized spacial score (nSPS) is 11.8. The quantitative estimate of drug-likeness (QED) is 0.777. The van der Waals surface area contributed by atoms with E-state index in [4.69, 9.17) is 4.74 Å². The van der Waals surface area contributed by atoms with Gasteiger partial charge in [-0.2, -0.15) is 0 Å². The van der Waals surface area contributed by atoms with E-state index in [-0.39, 0.29) is 5.91 Å². The molecule has 0 saturated heterocycles. The van der Waals surface area contributed by atoms with Crippen molar-refractivity contribution in [3.05, 3.63) is 58.6 Å². The van der Waals surface area contributed by atoms with Crippen molar-refractivity contribution in [1.29, 1.82) is 0 Å². The van der Waals surface area contributed by atoms with Crippen molar-refractivity contribution >= 4 is 27.5 Å². The molecule has 0 spiro atoms. The van der Waals surface area contributed by atoms with Crippen LogP contribution in [-0.4, -0.2) is 32.7 Å². The van der Waals surface area contributed by atoms with Crippen molar-refractivity contribution in [3.8, 4) is 5.75 Å². The molecule has 0 aliphatic heterocycles. The molecule has 0 heterocycles. The van der Waals surface area contributed by atoms with Crippen LogP contribution in [0.2, 0.25) is 0 Å². The zero-order valence-electron chi connectivity index (χ0n) is 13.4. The highest BCUT2D eigenvalue weighted by atomic mass is 79.9. The maximum absolute atomic E-state index is 12.1. The number of hydrogen-bond acceptors (Lipinski definition) is 2. The molecule has 0 fully saturated rings. The van der Waals surface area contributed by atoms with Gasteiger partial charge in [0.2, 0.25) is 0 Å². The van der Waals surface area contributed by atoms with Crippen LogP contribution in [0.4, 0.5) is 5.69 Å². The molecule has 122 valence electrons. The third-order valence-corrected chi connectivity index (χ3v) is 4.31. The number of hydrogen-bond donors (Lipinski definition) is 2. The number of quaternary nitrogens is 1. The van der Waals surface area contributed by atoms with Gasteiger partial charge in [-0.25, -0.2) is 0 Å². The molecule has 1 amide bonds. The Kier molecular flexibility index (Phi) is 6.62. The Balaban J connectivity index is 1.72. The number of para-hydroxylation sites is 1. The molecular formula is C18H22BrN2O2+. The predicted octanol–water partition coefficient (Wildman–Crippen LogP) is 2.29. The highest BCUT2D eigenvalue weighted by molar-refractivity contribution is 9.10. The summed E-state index contributed by atoms with van der Waals surface area (Å²) in [7, 11) is 1.99. The number of benzene rings is 2. The molecule has 23 heavy (non-hydrogen) atoms. The third-order valence-electron chi connectivity index (χ3n) is 3.46. The third kappa shape index (κ3) is 6.04. The standard InChI is InChI=1S/C18H21BrN2O2/c1-14-8-9-15(12-17(14)19)20-18(22)13-21(2)10-11-23-16-6-4-3-5-7-16/h3-9,12H,10-11,13H2,1-2H3,(H,20,22)/p+1. The van der Waals surface area contributed by atoms with Crippen LogP contribution in [0.1, 0.15) is 5.56 Å². The van der Waals surface area contributed by atoms with Crippen molar-refractivity contribution in [2.24, 2.45) is 0 Å². The van der Waals surface area contributed by atoms with Crippen LogP contribution in [0.5, 0.6) is 5.75 Å². The minimum Gasteiger partial charge on any atom is -0.488 e. The Labute approximate surface area is 145 Å². The number of aryl methyl sites for hydroxylation is 1. The summed E-state index contributed by atoms with van der Waals surface area (Å²) in [4.78, 5) is 13.2. The Morgan fingerprint density at radius 1 is 1.22 bits per heavy atom. The smallest absolute Gasteiger partial charge is 0.279 e. The first-order valence-electron chi connectivity index (χ1n) is 7.60. The molecule has 0 aliphatic carbocycles. The van der Waals surface area contributed by atoms with Crippen LogP contribution >= 0.6 is 15.9 Å². The van der Waals surface area contributed by atoms with Gasteiger partial charge in [-0.1, -0.05) is 40.2 Å². The van der Waals surface area contributed by atoms with Gasteiger partial charge in [0.15, 0.2) is 6.54 Å². The lowest BCUT2D eigenvalue weighted by molar-refractivity contribution is -0.871. The van der Waals surface area contributed by atoms with Gasteiger partial charge in [0, 0.05) is 10.2 Å². The summed E-state index contributed by atoms with van der Waals surface area (Å²) in [6.07, 6.45) is 0. The number of ether oxygens (including phenoxy) is 1. The van der Waals surface area contributed by atoms with Crippen molar-refractivity contribution in [3.63, 3.8) is 0 Å². The minimum absolute atomic E-state index is 0.00189. The summed E-state index contributed by atoms with van der Waals surface area (Å²) < 4.78 is 6.64. The molecule has 0 radical (unpaired) electrons. The number of halogens is 1. The van der Waals surface area contributed by atoms with Gasteiger partial charge in [-0.15, -0.1) is 0 Å². The first-order chi connectivity index (χ1) is 11.0. The summed E-state index contributed by atoms with van der Waals surface area (Å²) in [6.45, 7) is 3.77. The maximum atomic E-state index is 12.1. The Morgan fingerprint density at radius 2 is 1.96 bits per heavy atom. The van der Waals surface area contributed by atoms with Crippen LogP contribution in [0.15, 0.2) is 53.0 Å². The van der Waals surface area contributed by atoms with Gasteiger partial charge in [0.25, 0.3) is 5.91 Å². The molecule has 5 heteroatoms. The van der Waals surface area contributed by atoms with Gasteiger partial charge < -0.3 is 15.0 Å². The molecule has 0 aliphatic rings. The predicted molar refractivity (Wildman–Crippen MR) is 96.1 cm³/mol. The number of carbonyl (C=O) groups is 1. The number of carbonyl (C=O) groups excluding carboxylic acids is 1. The van der Waals surface area contributed by atoms with E-state index in [1.54, 1.807) is 0 Å². The first kappa shape index (κ1) is 17.5. The summed E-state index contributed by atoms with van der Waals surface area (Å²) in [5, 5.41) is 2.92. The molecular weight excluding hydrogens is 356 g/mol. The fourth-order valence-electron chi connectivity index (χ4n) is 2.10. The van der Waals surface area contributed by atoms with Gasteiger partial charge in [-0.3, -0.25) is 4.79 Å². The second kappa shape index (κ2) is 8.70. The van der Waals surface area contributed by atoms with E-state index < -0.39 is 0 Å². The van der Waals surface area contributed by atoms with E-state index >= 15 is 0 Å². The van der Waals surface area contributed by atoms with E-state index in [2.05, 4.69) is 21.2 Å². The molecule has 2 aromatic rings. The molecule has 1 unspecified atom stereocenters. The molecule has 1 atom stereocenters. The van der Waals surface area contributed by atoms with E-state index in [0.29, 0.717) is 13.2 Å². The fraction of sp³-hybridized carbons (Fsp3) is 0.278. The van der Waals surface area contributed by atoms with E-state index in [0.717, 1.165) is 32.9 Å². The minimum atomic E-state index is -0.00189. The number of likely N-dealkylation sites (N-methyl/N-ethyl adjacent to an activating group) is 1. The SMILES string of the molecule is Cc1ccc(NC(=O)C[NH+](C)CCOc2ccccc2)cc1Br. The van der Waals surface area contributed by atoms with E-state index in [9.17, 15) is 4.79 Å². The summed E-state index contributed by atoms with van der Waals surface area (Å²) in [5.41, 5.74) is 1.95. The van der Waals surface area contributed by atoms with Gasteiger partial charge in [0.1, 0.15) is 18.9 Å². The largest absolute Gasteiger partial charge is 0.488 e. The molecule has 2 aromatic carbocycles. The highest BCUT2D eigenvalue weighted by Gasteiger charge is 2.10. The topological polar surface area (TPSA) is 42.8 Å². The number of nitrogens with one attached hydrogen (secondary N) is 2. The molecule has 0 bridgehead atoms. The summed E-state index contributed by atoms with van der Waals surface area (Å²) in [6, 6.07) is 15.5. The molecule has 2 rings (SSSR count). The van der Waals surface area contributed by atoms with Crippen molar-refractivity contribution < 1.29 is 14.4 Å². The number of rotatable bonds is 7. The zero-order chi connectivity index (χ0) is 16.7. The summed E-state index contributed by atoms with van der Waals surface area (Å²) >= 11 is 3.47. The van der Waals surface area contributed by atoms with Crippen LogP contribution in [0.3, 0.4) is 0 Å². The molecule has 0 aromatic heterocycles. The fourth-order valence-corrected chi connectivity index (χ4v) is 2.48.